The highest BCUT2D eigenvalue weighted by Crippen LogP contribution is 2.30. The average molecular weight is 304 g/mol. The third kappa shape index (κ3) is 5.09. The maximum Gasteiger partial charge on any atom is 0.411 e. The van der Waals surface area contributed by atoms with E-state index < -0.39 is 19.6 Å². The minimum absolute atomic E-state index is 0.212. The highest BCUT2D eigenvalue weighted by Gasteiger charge is 2.27. The number of rotatable bonds is 5. The molecule has 1 aromatic carbocycles. The molecule has 1 aromatic rings. The molecule has 4 nitrogen and oxygen atoms in total. The Balaban J connectivity index is 1.91. The van der Waals surface area contributed by atoms with E-state index in [0.717, 1.165) is 31.6 Å². The molecular formula is C14H19F3N2O2. The first-order valence-corrected chi connectivity index (χ1v) is 6.82. The maximum absolute atomic E-state index is 12.0. The van der Waals surface area contributed by atoms with E-state index in [1.165, 1.54) is 0 Å². The van der Waals surface area contributed by atoms with Gasteiger partial charge in [0.05, 0.1) is 5.69 Å². The lowest BCUT2D eigenvalue weighted by Crippen LogP contribution is -2.39. The molecule has 118 valence electrons. The predicted octanol–water partition coefficient (Wildman–Crippen LogP) is 2.53. The Labute approximate surface area is 121 Å². The second-order valence-electron chi connectivity index (χ2n) is 5.02. The van der Waals surface area contributed by atoms with Gasteiger partial charge in [-0.05, 0) is 25.0 Å². The van der Waals surface area contributed by atoms with Gasteiger partial charge in [-0.2, -0.15) is 13.2 Å². The van der Waals surface area contributed by atoms with Crippen LogP contribution in [0.5, 0.6) is 5.75 Å². The number of halogens is 3. The molecule has 0 radical (unpaired) electrons. The van der Waals surface area contributed by atoms with Gasteiger partial charge in [0.2, 0.25) is 0 Å². The zero-order valence-corrected chi connectivity index (χ0v) is 11.6. The SMILES string of the molecule is NC1CCN(c2ccccc2OCOCC(F)(F)F)CC1. The highest BCUT2D eigenvalue weighted by molar-refractivity contribution is 5.58. The Morgan fingerprint density at radius 1 is 1.19 bits per heavy atom. The fourth-order valence-electron chi connectivity index (χ4n) is 2.24. The largest absolute Gasteiger partial charge is 0.465 e. The molecule has 1 heterocycles. The van der Waals surface area contributed by atoms with Crippen LogP contribution in [0.2, 0.25) is 0 Å². The summed E-state index contributed by atoms with van der Waals surface area (Å²) in [4.78, 5) is 2.13. The van der Waals surface area contributed by atoms with Crippen molar-refractivity contribution in [2.45, 2.75) is 25.1 Å². The molecule has 2 N–H and O–H groups in total. The summed E-state index contributed by atoms with van der Waals surface area (Å²) in [6, 6.07) is 7.46. The van der Waals surface area contributed by atoms with Crippen molar-refractivity contribution in [2.75, 3.05) is 31.4 Å². The maximum atomic E-state index is 12.0. The number of nitrogens with zero attached hydrogens (tertiary/aromatic N) is 1. The summed E-state index contributed by atoms with van der Waals surface area (Å²) in [7, 11) is 0. The van der Waals surface area contributed by atoms with Crippen molar-refractivity contribution in [3.05, 3.63) is 24.3 Å². The first-order chi connectivity index (χ1) is 9.96. The minimum Gasteiger partial charge on any atom is -0.465 e. The van der Waals surface area contributed by atoms with E-state index in [0.29, 0.717) is 5.75 Å². The van der Waals surface area contributed by atoms with Crippen LogP contribution in [-0.2, 0) is 4.74 Å². The van der Waals surface area contributed by atoms with Crippen LogP contribution < -0.4 is 15.4 Å². The first kappa shape index (κ1) is 15.9. The molecule has 0 aliphatic carbocycles. The van der Waals surface area contributed by atoms with Crippen molar-refractivity contribution < 1.29 is 22.6 Å². The predicted molar refractivity (Wildman–Crippen MR) is 73.4 cm³/mol. The molecule has 0 aromatic heterocycles. The van der Waals surface area contributed by atoms with Crippen LogP contribution in [0.3, 0.4) is 0 Å². The van der Waals surface area contributed by atoms with Gasteiger partial charge in [0.15, 0.2) is 6.79 Å². The van der Waals surface area contributed by atoms with E-state index in [1.807, 2.05) is 12.1 Å². The number of ether oxygens (including phenoxy) is 2. The van der Waals surface area contributed by atoms with Crippen LogP contribution >= 0.6 is 0 Å². The minimum atomic E-state index is -4.34. The molecule has 0 bridgehead atoms. The summed E-state index contributed by atoms with van der Waals surface area (Å²) in [5, 5.41) is 0. The van der Waals surface area contributed by atoms with Crippen LogP contribution in [-0.4, -0.2) is 38.7 Å². The molecule has 0 saturated carbocycles. The van der Waals surface area contributed by atoms with Gasteiger partial charge in [0.25, 0.3) is 0 Å². The molecule has 0 atom stereocenters. The van der Waals surface area contributed by atoms with Gasteiger partial charge in [0.1, 0.15) is 12.4 Å². The van der Waals surface area contributed by atoms with Gasteiger partial charge in [0, 0.05) is 19.1 Å². The molecule has 21 heavy (non-hydrogen) atoms. The van der Waals surface area contributed by atoms with E-state index in [1.54, 1.807) is 12.1 Å². The van der Waals surface area contributed by atoms with Crippen LogP contribution in [0.1, 0.15) is 12.8 Å². The first-order valence-electron chi connectivity index (χ1n) is 6.82. The van der Waals surface area contributed by atoms with Gasteiger partial charge >= 0.3 is 6.18 Å². The van der Waals surface area contributed by atoms with Gasteiger partial charge in [-0.1, -0.05) is 12.1 Å². The Morgan fingerprint density at radius 2 is 1.86 bits per heavy atom. The highest BCUT2D eigenvalue weighted by atomic mass is 19.4. The van der Waals surface area contributed by atoms with Gasteiger partial charge in [-0.25, -0.2) is 0 Å². The number of hydrogen-bond donors (Lipinski definition) is 1. The van der Waals surface area contributed by atoms with Crippen molar-refractivity contribution in [3.63, 3.8) is 0 Å². The van der Waals surface area contributed by atoms with E-state index in [-0.39, 0.29) is 6.04 Å². The second kappa shape index (κ2) is 7.00. The number of para-hydroxylation sites is 2. The lowest BCUT2D eigenvalue weighted by Gasteiger charge is -2.33. The van der Waals surface area contributed by atoms with Crippen LogP contribution in [0.25, 0.3) is 0 Å². The van der Waals surface area contributed by atoms with Crippen molar-refractivity contribution >= 4 is 5.69 Å². The van der Waals surface area contributed by atoms with Crippen molar-refractivity contribution in [3.8, 4) is 5.75 Å². The summed E-state index contributed by atoms with van der Waals surface area (Å²) in [5.74, 6) is 0.523. The molecule has 2 rings (SSSR count). The summed E-state index contributed by atoms with van der Waals surface area (Å²) in [6.45, 7) is -0.118. The third-order valence-corrected chi connectivity index (χ3v) is 3.31. The Kier molecular flexibility index (Phi) is 5.30. The van der Waals surface area contributed by atoms with Crippen molar-refractivity contribution in [2.24, 2.45) is 5.73 Å². The molecule has 0 unspecified atom stereocenters. The number of nitrogens with two attached hydrogens (primary N) is 1. The summed E-state index contributed by atoms with van der Waals surface area (Å²) < 4.78 is 45.8. The van der Waals surface area contributed by atoms with Crippen LogP contribution in [0.4, 0.5) is 18.9 Å². The Hall–Kier alpha value is -1.47. The molecule has 0 amide bonds. The van der Waals surface area contributed by atoms with Gasteiger partial charge in [-0.15, -0.1) is 0 Å². The lowest BCUT2D eigenvalue weighted by atomic mass is 10.1. The summed E-state index contributed by atoms with van der Waals surface area (Å²) >= 11 is 0. The topological polar surface area (TPSA) is 47.7 Å². The van der Waals surface area contributed by atoms with Crippen molar-refractivity contribution in [1.29, 1.82) is 0 Å². The fourth-order valence-corrected chi connectivity index (χ4v) is 2.24. The van der Waals surface area contributed by atoms with E-state index >= 15 is 0 Å². The molecule has 1 aliphatic heterocycles. The average Bonchev–Trinajstić information content (AvgIpc) is 2.44. The number of anilines is 1. The molecule has 0 spiro atoms. The van der Waals surface area contributed by atoms with Crippen LogP contribution in [0.15, 0.2) is 24.3 Å². The smallest absolute Gasteiger partial charge is 0.411 e. The van der Waals surface area contributed by atoms with Crippen molar-refractivity contribution in [1.82, 2.24) is 0 Å². The number of hydrogen-bond acceptors (Lipinski definition) is 4. The lowest BCUT2D eigenvalue weighted by molar-refractivity contribution is -0.186. The second-order valence-corrected chi connectivity index (χ2v) is 5.02. The normalized spacial score (nSPS) is 17.0. The number of alkyl halides is 3. The summed E-state index contributed by atoms with van der Waals surface area (Å²) in [5.41, 5.74) is 6.73. The molecule has 1 aliphatic rings. The molecule has 1 saturated heterocycles. The Morgan fingerprint density at radius 3 is 2.52 bits per heavy atom. The monoisotopic (exact) mass is 304 g/mol. The van der Waals surface area contributed by atoms with Crippen LogP contribution in [0, 0.1) is 0 Å². The standard InChI is InChI=1S/C14H19F3N2O2/c15-14(16,17)9-20-10-21-13-4-2-1-3-12(13)19-7-5-11(18)6-8-19/h1-4,11H,5-10,18H2. The van der Waals surface area contributed by atoms with E-state index in [2.05, 4.69) is 9.64 Å². The van der Waals surface area contributed by atoms with E-state index in [9.17, 15) is 13.2 Å². The molecule has 7 heteroatoms. The van der Waals surface area contributed by atoms with Gasteiger partial charge < -0.3 is 20.1 Å². The number of piperidine rings is 1. The molecular weight excluding hydrogens is 285 g/mol. The Bertz CT molecular complexity index is 446. The zero-order valence-electron chi connectivity index (χ0n) is 11.6. The zero-order chi connectivity index (χ0) is 15.3. The third-order valence-electron chi connectivity index (χ3n) is 3.31. The van der Waals surface area contributed by atoms with E-state index in [4.69, 9.17) is 10.5 Å². The quantitative estimate of drug-likeness (QED) is 0.671. The number of benzene rings is 1. The molecule has 1 fully saturated rings. The fraction of sp³-hybridized carbons (Fsp3) is 0.571. The summed E-state index contributed by atoms with van der Waals surface area (Å²) in [6.07, 6.45) is -2.57. The van der Waals surface area contributed by atoms with Gasteiger partial charge in [-0.3, -0.25) is 0 Å².